The van der Waals surface area contributed by atoms with Gasteiger partial charge in [-0.2, -0.15) is 0 Å². The van der Waals surface area contributed by atoms with E-state index in [0.29, 0.717) is 5.56 Å². The van der Waals surface area contributed by atoms with Gasteiger partial charge in [0.05, 0.1) is 4.92 Å². The van der Waals surface area contributed by atoms with E-state index >= 15 is 0 Å². The van der Waals surface area contributed by atoms with Crippen molar-refractivity contribution in [2.75, 3.05) is 5.73 Å². The fraction of sp³-hybridized carbons (Fsp3) is 0.0769. The van der Waals surface area contributed by atoms with Crippen molar-refractivity contribution in [1.82, 2.24) is 0 Å². The van der Waals surface area contributed by atoms with E-state index in [2.05, 4.69) is 0 Å². The molecule has 0 atom stereocenters. The molecule has 0 saturated carbocycles. The molecule has 0 amide bonds. The van der Waals surface area contributed by atoms with E-state index in [9.17, 15) is 18.9 Å². The molecule has 2 aromatic carbocycles. The normalized spacial score (nSPS) is 10.3. The highest BCUT2D eigenvalue weighted by Crippen LogP contribution is 2.24. The van der Waals surface area contributed by atoms with Gasteiger partial charge in [-0.15, -0.1) is 0 Å². The van der Waals surface area contributed by atoms with Gasteiger partial charge in [0.1, 0.15) is 18.1 Å². The van der Waals surface area contributed by atoms with Crippen LogP contribution in [0.5, 0.6) is 5.75 Å². The highest BCUT2D eigenvalue weighted by Gasteiger charge is 2.12. The molecule has 0 spiro atoms. The van der Waals surface area contributed by atoms with Gasteiger partial charge < -0.3 is 10.5 Å². The predicted molar refractivity (Wildman–Crippen MR) is 68.2 cm³/mol. The molecule has 104 valence electrons. The zero-order chi connectivity index (χ0) is 14.7. The van der Waals surface area contributed by atoms with Crippen molar-refractivity contribution in [2.24, 2.45) is 0 Å². The molecule has 0 heterocycles. The van der Waals surface area contributed by atoms with Crippen LogP contribution in [-0.4, -0.2) is 4.92 Å². The average Bonchev–Trinajstić information content (AvgIpc) is 2.39. The summed E-state index contributed by atoms with van der Waals surface area (Å²) >= 11 is 0. The van der Waals surface area contributed by atoms with Gasteiger partial charge in [-0.3, -0.25) is 10.1 Å². The number of benzene rings is 2. The quantitative estimate of drug-likeness (QED) is 0.530. The summed E-state index contributed by atoms with van der Waals surface area (Å²) < 4.78 is 31.4. The molecule has 0 bridgehead atoms. The molecule has 2 aromatic rings. The number of hydrogen-bond donors (Lipinski definition) is 1. The van der Waals surface area contributed by atoms with Crippen molar-refractivity contribution in [2.45, 2.75) is 6.61 Å². The first kappa shape index (κ1) is 13.7. The second-order valence-corrected chi connectivity index (χ2v) is 4.01. The van der Waals surface area contributed by atoms with Crippen molar-refractivity contribution in [3.63, 3.8) is 0 Å². The van der Waals surface area contributed by atoms with E-state index in [1.54, 1.807) is 0 Å². The van der Waals surface area contributed by atoms with E-state index in [0.717, 1.165) is 18.2 Å². The van der Waals surface area contributed by atoms with E-state index in [-0.39, 0.29) is 23.7 Å². The van der Waals surface area contributed by atoms with Crippen LogP contribution in [0.25, 0.3) is 0 Å². The zero-order valence-electron chi connectivity index (χ0n) is 10.2. The summed E-state index contributed by atoms with van der Waals surface area (Å²) in [6.07, 6.45) is 0. The van der Waals surface area contributed by atoms with Crippen molar-refractivity contribution < 1.29 is 18.4 Å². The summed E-state index contributed by atoms with van der Waals surface area (Å²) in [5, 5.41) is 10.6. The molecule has 2 rings (SSSR count). The van der Waals surface area contributed by atoms with Crippen LogP contribution in [0.2, 0.25) is 0 Å². The van der Waals surface area contributed by atoms with Crippen molar-refractivity contribution >= 4 is 11.4 Å². The molecule has 0 aliphatic rings. The molecule has 0 saturated heterocycles. The third-order valence-corrected chi connectivity index (χ3v) is 2.58. The molecule has 0 radical (unpaired) electrons. The first-order chi connectivity index (χ1) is 9.47. The Bertz CT molecular complexity index is 662. The highest BCUT2D eigenvalue weighted by molar-refractivity contribution is 5.59. The number of nitro benzene ring substituents is 1. The van der Waals surface area contributed by atoms with Crippen LogP contribution in [0.3, 0.4) is 0 Å². The maximum absolute atomic E-state index is 13.3. The Hall–Kier alpha value is -2.70. The van der Waals surface area contributed by atoms with Crippen LogP contribution < -0.4 is 10.5 Å². The fourth-order valence-electron chi connectivity index (χ4n) is 1.61. The minimum atomic E-state index is -0.693. The maximum Gasteiger partial charge on any atom is 0.292 e. The Morgan fingerprint density at radius 1 is 1.20 bits per heavy atom. The second kappa shape index (κ2) is 5.52. The van der Waals surface area contributed by atoms with E-state index in [1.807, 2.05) is 0 Å². The number of nitrogen functional groups attached to an aromatic ring is 1. The Labute approximate surface area is 112 Å². The van der Waals surface area contributed by atoms with Gasteiger partial charge in [-0.05, 0) is 29.8 Å². The fourth-order valence-corrected chi connectivity index (χ4v) is 1.61. The maximum atomic E-state index is 13.3. The van der Waals surface area contributed by atoms with Crippen LogP contribution in [0.4, 0.5) is 20.2 Å². The molecule has 0 unspecified atom stereocenters. The summed E-state index contributed by atoms with van der Waals surface area (Å²) in [5.74, 6) is -1.55. The molecule has 5 nitrogen and oxygen atoms in total. The third kappa shape index (κ3) is 3.00. The number of nitrogens with zero attached hydrogens (tertiary/aromatic N) is 1. The Balaban J connectivity index is 2.13. The first-order valence-electron chi connectivity index (χ1n) is 5.58. The van der Waals surface area contributed by atoms with Crippen molar-refractivity contribution in [3.8, 4) is 5.75 Å². The van der Waals surface area contributed by atoms with Gasteiger partial charge in [-0.1, -0.05) is 0 Å². The highest BCUT2D eigenvalue weighted by atomic mass is 19.1. The average molecular weight is 280 g/mol. The number of halogens is 2. The number of nitrogens with two attached hydrogens (primary N) is 1. The number of hydrogen-bond acceptors (Lipinski definition) is 4. The molecular weight excluding hydrogens is 270 g/mol. The topological polar surface area (TPSA) is 78.4 Å². The zero-order valence-corrected chi connectivity index (χ0v) is 10.2. The molecule has 0 aromatic heterocycles. The van der Waals surface area contributed by atoms with E-state index < -0.39 is 16.6 Å². The van der Waals surface area contributed by atoms with Gasteiger partial charge in [0, 0.05) is 12.1 Å². The molecule has 20 heavy (non-hydrogen) atoms. The van der Waals surface area contributed by atoms with Gasteiger partial charge in [0.25, 0.3) is 5.69 Å². The summed E-state index contributed by atoms with van der Waals surface area (Å²) in [6.45, 7) is -0.0808. The smallest absolute Gasteiger partial charge is 0.292 e. The minimum absolute atomic E-state index is 0.0178. The summed E-state index contributed by atoms with van der Waals surface area (Å²) in [5.41, 5.74) is 5.79. The second-order valence-electron chi connectivity index (χ2n) is 4.01. The van der Waals surface area contributed by atoms with Crippen LogP contribution in [0, 0.1) is 21.7 Å². The lowest BCUT2D eigenvalue weighted by Gasteiger charge is -2.08. The predicted octanol–water partition coefficient (Wildman–Crippen LogP) is 3.03. The van der Waals surface area contributed by atoms with Gasteiger partial charge in [0.15, 0.2) is 11.6 Å². The van der Waals surface area contributed by atoms with Crippen molar-refractivity contribution in [3.05, 3.63) is 63.7 Å². The van der Waals surface area contributed by atoms with Crippen LogP contribution in [0.15, 0.2) is 36.4 Å². The minimum Gasteiger partial charge on any atom is -0.486 e. The first-order valence-corrected chi connectivity index (χ1v) is 5.58. The number of rotatable bonds is 4. The Morgan fingerprint density at radius 2 is 1.95 bits per heavy atom. The molecule has 0 fully saturated rings. The lowest BCUT2D eigenvalue weighted by molar-refractivity contribution is -0.383. The molecule has 2 N–H and O–H groups in total. The monoisotopic (exact) mass is 280 g/mol. The standard InChI is InChI=1S/C13H10F2N2O3/c14-9-2-3-10(15)13(6-9)20-7-8-1-4-12(17(18)19)11(16)5-8/h1-6H,7,16H2. The number of anilines is 1. The third-order valence-electron chi connectivity index (χ3n) is 2.58. The lowest BCUT2D eigenvalue weighted by atomic mass is 10.2. The Morgan fingerprint density at radius 3 is 2.60 bits per heavy atom. The largest absolute Gasteiger partial charge is 0.486 e. The van der Waals surface area contributed by atoms with E-state index in [1.165, 1.54) is 18.2 Å². The summed E-state index contributed by atoms with van der Waals surface area (Å²) in [6, 6.07) is 6.88. The van der Waals surface area contributed by atoms with Crippen LogP contribution >= 0.6 is 0 Å². The molecule has 0 aliphatic heterocycles. The summed E-state index contributed by atoms with van der Waals surface area (Å²) in [4.78, 5) is 9.99. The Kier molecular flexibility index (Phi) is 3.79. The number of ether oxygens (including phenoxy) is 1. The SMILES string of the molecule is Nc1cc(COc2cc(F)ccc2F)ccc1[N+](=O)[O-]. The van der Waals surface area contributed by atoms with Crippen LogP contribution in [-0.2, 0) is 6.61 Å². The number of nitro groups is 1. The molecular formula is C13H10F2N2O3. The van der Waals surface area contributed by atoms with Gasteiger partial charge >= 0.3 is 0 Å². The lowest BCUT2D eigenvalue weighted by Crippen LogP contribution is -2.01. The van der Waals surface area contributed by atoms with E-state index in [4.69, 9.17) is 10.5 Å². The van der Waals surface area contributed by atoms with Crippen LogP contribution in [0.1, 0.15) is 5.56 Å². The van der Waals surface area contributed by atoms with Crippen molar-refractivity contribution in [1.29, 1.82) is 0 Å². The van der Waals surface area contributed by atoms with Gasteiger partial charge in [0.2, 0.25) is 0 Å². The molecule has 0 aliphatic carbocycles. The van der Waals surface area contributed by atoms with Gasteiger partial charge in [-0.25, -0.2) is 8.78 Å². The summed E-state index contributed by atoms with van der Waals surface area (Å²) in [7, 11) is 0. The molecule has 7 heteroatoms.